The highest BCUT2D eigenvalue weighted by atomic mass is 35.5. The predicted molar refractivity (Wildman–Crippen MR) is 103 cm³/mol. The van der Waals surface area contributed by atoms with Gasteiger partial charge in [-0.15, -0.1) is 0 Å². The van der Waals surface area contributed by atoms with Gasteiger partial charge in [-0.1, -0.05) is 28.9 Å². The minimum absolute atomic E-state index is 0.313. The van der Waals surface area contributed by atoms with Crippen molar-refractivity contribution < 1.29 is 14.0 Å². The number of piperidine rings is 1. The van der Waals surface area contributed by atoms with Gasteiger partial charge in [0.2, 0.25) is 0 Å². The SMILES string of the molecule is OC1(c2ccc(Cl)cc2)CCN(CCCc2noc3cc(F)ccc23)CC1. The van der Waals surface area contributed by atoms with Crippen molar-refractivity contribution in [2.75, 3.05) is 19.6 Å². The molecule has 142 valence electrons. The summed E-state index contributed by atoms with van der Waals surface area (Å²) < 4.78 is 18.4. The molecule has 0 unspecified atom stereocenters. The maximum absolute atomic E-state index is 13.2. The van der Waals surface area contributed by atoms with Gasteiger partial charge in [0, 0.05) is 29.6 Å². The molecule has 0 amide bonds. The van der Waals surface area contributed by atoms with Crippen molar-refractivity contribution in [3.8, 4) is 0 Å². The second kappa shape index (κ2) is 7.58. The van der Waals surface area contributed by atoms with E-state index in [2.05, 4.69) is 10.1 Å². The van der Waals surface area contributed by atoms with Crippen LogP contribution < -0.4 is 0 Å². The van der Waals surface area contributed by atoms with E-state index in [4.69, 9.17) is 16.1 Å². The number of likely N-dealkylation sites (tertiary alicyclic amines) is 1. The van der Waals surface area contributed by atoms with E-state index in [1.807, 2.05) is 24.3 Å². The van der Waals surface area contributed by atoms with Crippen molar-refractivity contribution in [3.63, 3.8) is 0 Å². The number of aromatic nitrogens is 1. The average molecular weight is 389 g/mol. The molecule has 6 heteroatoms. The van der Waals surface area contributed by atoms with E-state index in [1.54, 1.807) is 6.07 Å². The zero-order valence-corrected chi connectivity index (χ0v) is 15.8. The smallest absolute Gasteiger partial charge is 0.170 e. The van der Waals surface area contributed by atoms with Gasteiger partial charge in [-0.05, 0) is 62.1 Å². The number of benzene rings is 2. The van der Waals surface area contributed by atoms with E-state index in [-0.39, 0.29) is 5.82 Å². The van der Waals surface area contributed by atoms with Gasteiger partial charge in [-0.25, -0.2) is 4.39 Å². The topological polar surface area (TPSA) is 49.5 Å². The number of rotatable bonds is 5. The van der Waals surface area contributed by atoms with E-state index >= 15 is 0 Å². The molecule has 1 N–H and O–H groups in total. The van der Waals surface area contributed by atoms with Gasteiger partial charge in [0.25, 0.3) is 0 Å². The Kier molecular flexibility index (Phi) is 5.17. The third kappa shape index (κ3) is 4.00. The fraction of sp³-hybridized carbons (Fsp3) is 0.381. The second-order valence-electron chi connectivity index (χ2n) is 7.25. The Morgan fingerprint density at radius 3 is 2.63 bits per heavy atom. The summed E-state index contributed by atoms with van der Waals surface area (Å²) in [6.07, 6.45) is 3.15. The molecule has 0 aliphatic carbocycles. The molecular weight excluding hydrogens is 367 g/mol. The Hall–Kier alpha value is -1.95. The van der Waals surface area contributed by atoms with Crippen molar-refractivity contribution in [2.45, 2.75) is 31.3 Å². The Labute approximate surface area is 162 Å². The van der Waals surface area contributed by atoms with E-state index in [1.165, 1.54) is 12.1 Å². The molecule has 0 spiro atoms. The summed E-state index contributed by atoms with van der Waals surface area (Å²) in [6, 6.07) is 12.0. The largest absolute Gasteiger partial charge is 0.385 e. The molecule has 3 aromatic rings. The minimum Gasteiger partial charge on any atom is -0.385 e. The summed E-state index contributed by atoms with van der Waals surface area (Å²) in [6.45, 7) is 2.64. The summed E-state index contributed by atoms with van der Waals surface area (Å²) in [5.74, 6) is -0.313. The van der Waals surface area contributed by atoms with Crippen LogP contribution in [0.25, 0.3) is 11.0 Å². The lowest BCUT2D eigenvalue weighted by molar-refractivity contribution is -0.0259. The standard InChI is InChI=1S/C21H22ClFN2O2/c22-16-5-3-15(4-6-16)21(26)9-12-25(13-10-21)11-1-2-19-18-8-7-17(23)14-20(18)27-24-19/h3-8,14,26H,1-2,9-13H2. The molecule has 4 nitrogen and oxygen atoms in total. The molecule has 1 saturated heterocycles. The van der Waals surface area contributed by atoms with Gasteiger partial charge in [0.15, 0.2) is 5.58 Å². The van der Waals surface area contributed by atoms with Crippen LogP contribution in [-0.2, 0) is 12.0 Å². The van der Waals surface area contributed by atoms with Crippen molar-refractivity contribution in [1.82, 2.24) is 10.1 Å². The number of fused-ring (bicyclic) bond motifs is 1. The summed E-state index contributed by atoms with van der Waals surface area (Å²) in [5, 5.41) is 16.6. The number of hydrogen-bond donors (Lipinski definition) is 1. The molecule has 0 bridgehead atoms. The first-order chi connectivity index (χ1) is 13.0. The first-order valence-electron chi connectivity index (χ1n) is 9.28. The van der Waals surface area contributed by atoms with E-state index in [0.717, 1.165) is 49.1 Å². The lowest BCUT2D eigenvalue weighted by atomic mass is 9.84. The predicted octanol–water partition coefficient (Wildman–Crippen LogP) is 4.54. The molecular formula is C21H22ClFN2O2. The Morgan fingerprint density at radius 2 is 1.89 bits per heavy atom. The Morgan fingerprint density at radius 1 is 1.15 bits per heavy atom. The van der Waals surface area contributed by atoms with Gasteiger partial charge in [0.05, 0.1) is 11.3 Å². The molecule has 1 fully saturated rings. The molecule has 1 aliphatic rings. The first-order valence-corrected chi connectivity index (χ1v) is 9.66. The summed E-state index contributed by atoms with van der Waals surface area (Å²) in [5.41, 5.74) is 1.54. The molecule has 0 radical (unpaired) electrons. The van der Waals surface area contributed by atoms with Gasteiger partial charge < -0.3 is 14.5 Å². The normalized spacial score (nSPS) is 17.4. The molecule has 1 aromatic heterocycles. The van der Waals surface area contributed by atoms with E-state index in [0.29, 0.717) is 23.4 Å². The van der Waals surface area contributed by atoms with Crippen LogP contribution in [0.2, 0.25) is 5.02 Å². The lowest BCUT2D eigenvalue weighted by Gasteiger charge is -2.38. The molecule has 1 aliphatic heterocycles. The average Bonchev–Trinajstić information content (AvgIpc) is 3.06. The summed E-state index contributed by atoms with van der Waals surface area (Å²) >= 11 is 5.94. The van der Waals surface area contributed by atoms with Gasteiger partial charge in [0.1, 0.15) is 5.82 Å². The van der Waals surface area contributed by atoms with Crippen molar-refractivity contribution in [1.29, 1.82) is 0 Å². The van der Waals surface area contributed by atoms with Crippen molar-refractivity contribution in [3.05, 3.63) is 64.6 Å². The van der Waals surface area contributed by atoms with Crippen LogP contribution in [0.15, 0.2) is 47.0 Å². The zero-order chi connectivity index (χ0) is 18.9. The van der Waals surface area contributed by atoms with Crippen LogP contribution >= 0.6 is 11.6 Å². The Balaban J connectivity index is 1.30. The number of hydrogen-bond acceptors (Lipinski definition) is 4. The number of nitrogens with zero attached hydrogens (tertiary/aromatic N) is 2. The Bertz CT molecular complexity index is 918. The van der Waals surface area contributed by atoms with E-state index in [9.17, 15) is 9.50 Å². The van der Waals surface area contributed by atoms with Gasteiger partial charge >= 0.3 is 0 Å². The molecule has 27 heavy (non-hydrogen) atoms. The van der Waals surface area contributed by atoms with Crippen molar-refractivity contribution in [2.24, 2.45) is 0 Å². The summed E-state index contributed by atoms with van der Waals surface area (Å²) in [7, 11) is 0. The molecule has 0 saturated carbocycles. The minimum atomic E-state index is -0.770. The first kappa shape index (κ1) is 18.4. The van der Waals surface area contributed by atoms with Crippen LogP contribution in [0.5, 0.6) is 0 Å². The quantitative estimate of drug-likeness (QED) is 0.697. The maximum atomic E-state index is 13.2. The zero-order valence-electron chi connectivity index (χ0n) is 15.0. The molecule has 0 atom stereocenters. The molecule has 4 rings (SSSR count). The fourth-order valence-electron chi connectivity index (χ4n) is 3.81. The van der Waals surface area contributed by atoms with Crippen LogP contribution in [0.3, 0.4) is 0 Å². The number of aliphatic hydroxyl groups is 1. The maximum Gasteiger partial charge on any atom is 0.170 e. The number of aryl methyl sites for hydroxylation is 1. The molecule has 2 aromatic carbocycles. The van der Waals surface area contributed by atoms with Gasteiger partial charge in [-0.2, -0.15) is 0 Å². The lowest BCUT2D eigenvalue weighted by Crippen LogP contribution is -2.42. The summed E-state index contributed by atoms with van der Waals surface area (Å²) in [4.78, 5) is 2.37. The third-order valence-corrected chi connectivity index (χ3v) is 5.71. The highest BCUT2D eigenvalue weighted by molar-refractivity contribution is 6.30. The van der Waals surface area contributed by atoms with Crippen LogP contribution in [-0.4, -0.2) is 34.8 Å². The molecule has 2 heterocycles. The monoisotopic (exact) mass is 388 g/mol. The van der Waals surface area contributed by atoms with Crippen molar-refractivity contribution >= 4 is 22.6 Å². The van der Waals surface area contributed by atoms with Gasteiger partial charge in [-0.3, -0.25) is 0 Å². The highest BCUT2D eigenvalue weighted by Crippen LogP contribution is 2.33. The van der Waals surface area contributed by atoms with Crippen LogP contribution in [0.4, 0.5) is 4.39 Å². The third-order valence-electron chi connectivity index (χ3n) is 5.46. The van der Waals surface area contributed by atoms with Crippen LogP contribution in [0.1, 0.15) is 30.5 Å². The fourth-order valence-corrected chi connectivity index (χ4v) is 3.94. The number of halogens is 2. The highest BCUT2D eigenvalue weighted by Gasteiger charge is 2.33. The van der Waals surface area contributed by atoms with Crippen LogP contribution in [0, 0.1) is 5.82 Å². The second-order valence-corrected chi connectivity index (χ2v) is 7.69. The van der Waals surface area contributed by atoms with E-state index < -0.39 is 5.60 Å².